The number of carboxylic acids is 1. The van der Waals surface area contributed by atoms with Crippen molar-refractivity contribution in [1.82, 2.24) is 0 Å². The molecule has 0 saturated heterocycles. The number of rotatable bonds is 6. The van der Waals surface area contributed by atoms with Crippen LogP contribution in [0, 0.1) is 0 Å². The third kappa shape index (κ3) is 6.80. The minimum atomic E-state index is -0.862. The van der Waals surface area contributed by atoms with Crippen LogP contribution in [0.15, 0.2) is 12.7 Å². The van der Waals surface area contributed by atoms with Gasteiger partial charge in [0.25, 0.3) is 0 Å². The average molecular weight is 241 g/mol. The minimum Gasteiger partial charge on any atom is -1.00 e. The molecule has 0 aromatic carbocycles. The first-order valence-corrected chi connectivity index (χ1v) is 5.13. The Morgan fingerprint density at radius 2 is 2.21 bits per heavy atom. The van der Waals surface area contributed by atoms with Gasteiger partial charge in [-0.25, -0.2) is 9.59 Å². The van der Waals surface area contributed by atoms with Crippen LogP contribution in [0.4, 0.5) is 0 Å². The van der Waals surface area contributed by atoms with E-state index in [2.05, 4.69) is 11.3 Å². The molecule has 0 amide bonds. The lowest BCUT2D eigenvalue weighted by Gasteiger charge is -2.03. The number of hydrogen-bond donors (Lipinski definition) is 1. The molecule has 82 valence electrons. The summed E-state index contributed by atoms with van der Waals surface area (Å²) in [6.45, 7) is 3.35. The van der Waals surface area contributed by atoms with Gasteiger partial charge in [-0.05, 0) is 11.8 Å². The van der Waals surface area contributed by atoms with Crippen LogP contribution in [0.3, 0.4) is 0 Å². The molecular weight excluding hydrogens is 228 g/mol. The first-order chi connectivity index (χ1) is 6.11. The summed E-state index contributed by atoms with van der Waals surface area (Å²) in [6, 6.07) is 0. The molecule has 0 aromatic heterocycles. The van der Waals surface area contributed by atoms with Gasteiger partial charge >= 0.3 is 11.9 Å². The second-order valence-electron chi connectivity index (χ2n) is 2.27. The van der Waals surface area contributed by atoms with E-state index in [0.717, 1.165) is 17.8 Å². The molecule has 0 heterocycles. The number of aliphatic carboxylic acids is 1. The molecule has 4 nitrogen and oxygen atoms in total. The molecule has 0 aliphatic carbocycles. The molecule has 0 bridgehead atoms. The number of carbonyl (C=O) groups is 2. The molecule has 1 N–H and O–H groups in total. The van der Waals surface area contributed by atoms with Crippen LogP contribution in [0.2, 0.25) is 0 Å². The molecule has 0 aliphatic rings. The molecule has 0 aromatic rings. The van der Waals surface area contributed by atoms with Crippen LogP contribution in [0.5, 0.6) is 0 Å². The minimum absolute atomic E-state index is 0. The summed E-state index contributed by atoms with van der Waals surface area (Å²) in [5.41, 5.74) is 0. The predicted molar refractivity (Wildman–Crippen MR) is 51.9 cm³/mol. The van der Waals surface area contributed by atoms with Gasteiger partial charge in [0.05, 0.1) is 12.9 Å². The first-order valence-electron chi connectivity index (χ1n) is 3.72. The molecule has 0 radical (unpaired) electrons. The zero-order valence-corrected chi connectivity index (χ0v) is 9.42. The van der Waals surface area contributed by atoms with Gasteiger partial charge in [0, 0.05) is 12.5 Å². The van der Waals surface area contributed by atoms with Crippen molar-refractivity contribution in [2.24, 2.45) is 0 Å². The van der Waals surface area contributed by atoms with Crippen molar-refractivity contribution in [3.63, 3.8) is 0 Å². The molecule has 0 rings (SSSR count). The number of ether oxygens (including phenoxy) is 1. The Bertz CT molecular complexity index is 208. The van der Waals surface area contributed by atoms with Crippen LogP contribution < -0.4 is 12.4 Å². The summed E-state index contributed by atoms with van der Waals surface area (Å²) in [6.07, 6.45) is 3.15. The van der Waals surface area contributed by atoms with Gasteiger partial charge in [0.2, 0.25) is 5.25 Å². The van der Waals surface area contributed by atoms with E-state index in [9.17, 15) is 9.59 Å². The molecule has 0 aliphatic heterocycles. The summed E-state index contributed by atoms with van der Waals surface area (Å²) in [5.74, 6) is -1.38. The molecule has 1 unspecified atom stereocenters. The van der Waals surface area contributed by atoms with Gasteiger partial charge in [-0.15, -0.1) is 0 Å². The number of carboxylic acid groups (broad SMARTS) is 1. The van der Waals surface area contributed by atoms with Crippen molar-refractivity contribution in [3.05, 3.63) is 12.7 Å². The van der Waals surface area contributed by atoms with Crippen LogP contribution in [0.1, 0.15) is 6.42 Å². The Hall–Kier alpha value is -0.680. The maximum absolute atomic E-state index is 10.6. The van der Waals surface area contributed by atoms with Crippen LogP contribution in [0.25, 0.3) is 0 Å². The molecule has 6 heteroatoms. The third-order valence-electron chi connectivity index (χ3n) is 1.40. The van der Waals surface area contributed by atoms with Crippen molar-refractivity contribution in [2.45, 2.75) is 11.7 Å². The highest BCUT2D eigenvalue weighted by molar-refractivity contribution is 7.79. The molecule has 0 spiro atoms. The fourth-order valence-corrected chi connectivity index (χ4v) is 1.28. The summed E-state index contributed by atoms with van der Waals surface area (Å²) < 4.78 is 4.65. The Labute approximate surface area is 93.1 Å². The molecule has 1 atom stereocenters. The number of thiol groups is 1. The first kappa shape index (κ1) is 15.8. The highest BCUT2D eigenvalue weighted by Crippen LogP contribution is 1.98. The fourth-order valence-electron chi connectivity index (χ4n) is 0.693. The molecule has 0 fully saturated rings. The Morgan fingerprint density at radius 1 is 1.64 bits per heavy atom. The van der Waals surface area contributed by atoms with Crippen molar-refractivity contribution in [3.8, 4) is 0 Å². The maximum Gasteiger partial charge on any atom is 0.356 e. The Balaban J connectivity index is 0. The summed E-state index contributed by atoms with van der Waals surface area (Å²) in [4.78, 5) is 21.1. The number of carbonyl (C=O) groups excluding carboxylic acids is 1. The van der Waals surface area contributed by atoms with Crippen LogP contribution >= 0.6 is 0 Å². The van der Waals surface area contributed by atoms with Gasteiger partial charge in [-0.3, -0.25) is 0 Å². The van der Waals surface area contributed by atoms with E-state index in [1.165, 1.54) is 0 Å². The standard InChI is InChI=1S/C8H12O4S.ClH/c1-3-7(9)12-5-4-6(13-2)8(10)11;/h3,6H,1,4-5H2,2H3,(H,10,11);1H. The Morgan fingerprint density at radius 3 is 2.57 bits per heavy atom. The topological polar surface area (TPSA) is 63.6 Å². The SMILES string of the molecule is C=CC(=O)OCCC([SH+]C)C(=O)O.[Cl-]. The van der Waals surface area contributed by atoms with Gasteiger partial charge in [0.15, 0.2) is 0 Å². The van der Waals surface area contributed by atoms with E-state index in [1.54, 1.807) is 6.26 Å². The second-order valence-corrected chi connectivity index (χ2v) is 3.41. The smallest absolute Gasteiger partial charge is 0.356 e. The second kappa shape index (κ2) is 8.90. The van der Waals surface area contributed by atoms with E-state index in [-0.39, 0.29) is 19.0 Å². The van der Waals surface area contributed by atoms with E-state index >= 15 is 0 Å². The fraction of sp³-hybridized carbons (Fsp3) is 0.500. The van der Waals surface area contributed by atoms with Gasteiger partial charge < -0.3 is 22.3 Å². The van der Waals surface area contributed by atoms with Gasteiger partial charge in [-0.2, -0.15) is 0 Å². The lowest BCUT2D eigenvalue weighted by Crippen LogP contribution is -3.00. The lowest BCUT2D eigenvalue weighted by molar-refractivity contribution is -0.140. The van der Waals surface area contributed by atoms with Gasteiger partial charge in [0.1, 0.15) is 0 Å². The zero-order chi connectivity index (χ0) is 10.3. The van der Waals surface area contributed by atoms with E-state index in [0.29, 0.717) is 6.42 Å². The normalized spacial score (nSPS) is 10.9. The Kier molecular flexibility index (Phi) is 10.0. The number of halogens is 1. The van der Waals surface area contributed by atoms with Crippen molar-refractivity contribution in [2.75, 3.05) is 12.9 Å². The predicted octanol–water partition coefficient (Wildman–Crippen LogP) is -2.99. The van der Waals surface area contributed by atoms with E-state index < -0.39 is 17.2 Å². The highest BCUT2D eigenvalue weighted by atomic mass is 35.5. The van der Waals surface area contributed by atoms with Gasteiger partial charge in [-0.1, -0.05) is 6.58 Å². The summed E-state index contributed by atoms with van der Waals surface area (Å²) >= 11 is 0.769. The van der Waals surface area contributed by atoms with Crippen LogP contribution in [-0.2, 0) is 26.1 Å². The largest absolute Gasteiger partial charge is 1.00 e. The number of esters is 1. The zero-order valence-electron chi connectivity index (χ0n) is 7.77. The van der Waals surface area contributed by atoms with Crippen molar-refractivity contribution in [1.29, 1.82) is 0 Å². The summed E-state index contributed by atoms with van der Waals surface area (Å²) in [5, 5.41) is 8.17. The molecular formula is C8H13ClO4S. The summed E-state index contributed by atoms with van der Waals surface area (Å²) in [7, 11) is 0. The lowest BCUT2D eigenvalue weighted by atomic mass is 10.3. The van der Waals surface area contributed by atoms with E-state index in [4.69, 9.17) is 5.11 Å². The highest BCUT2D eigenvalue weighted by Gasteiger charge is 2.22. The quantitative estimate of drug-likeness (QED) is 0.233. The molecule has 14 heavy (non-hydrogen) atoms. The van der Waals surface area contributed by atoms with Crippen molar-refractivity contribution < 1.29 is 31.8 Å². The molecule has 0 saturated carbocycles. The average Bonchev–Trinajstić information content (AvgIpc) is 2.11. The maximum atomic E-state index is 10.6. The third-order valence-corrected chi connectivity index (χ3v) is 2.50. The van der Waals surface area contributed by atoms with Crippen molar-refractivity contribution >= 4 is 23.7 Å². The number of hydrogen-bond acceptors (Lipinski definition) is 3. The monoisotopic (exact) mass is 240 g/mol. The van der Waals surface area contributed by atoms with Crippen LogP contribution in [-0.4, -0.2) is 35.2 Å². The van der Waals surface area contributed by atoms with E-state index in [1.807, 2.05) is 0 Å².